The van der Waals surface area contributed by atoms with Crippen LogP contribution in [-0.4, -0.2) is 40.1 Å². The molecule has 1 saturated heterocycles. The van der Waals surface area contributed by atoms with E-state index >= 15 is 0 Å². The van der Waals surface area contributed by atoms with Gasteiger partial charge in [-0.25, -0.2) is 0 Å². The zero-order valence-corrected chi connectivity index (χ0v) is 12.8. The van der Waals surface area contributed by atoms with Crippen molar-refractivity contribution in [2.45, 2.75) is 19.0 Å². The first kappa shape index (κ1) is 13.9. The number of carbonyl (C=O) groups is 1. The van der Waals surface area contributed by atoms with Gasteiger partial charge in [0.1, 0.15) is 0 Å². The van der Waals surface area contributed by atoms with Crippen molar-refractivity contribution in [1.29, 1.82) is 0 Å². The maximum absolute atomic E-state index is 11.0. The number of hydrogen-bond donors (Lipinski definition) is 1. The fourth-order valence-electron chi connectivity index (χ4n) is 2.66. The summed E-state index contributed by atoms with van der Waals surface area (Å²) in [5.41, 5.74) is 1.33. The first-order chi connectivity index (χ1) is 9.74. The zero-order chi connectivity index (χ0) is 13.9. The molecule has 0 saturated carbocycles. The normalized spacial score (nSPS) is 20.3. The first-order valence-electron chi connectivity index (χ1n) is 6.73. The molecule has 1 aliphatic heterocycles. The van der Waals surface area contributed by atoms with Crippen LogP contribution < -0.4 is 0 Å². The van der Waals surface area contributed by atoms with Crippen LogP contribution in [0.1, 0.15) is 12.0 Å². The highest BCUT2D eigenvalue weighted by molar-refractivity contribution is 7.99. The van der Waals surface area contributed by atoms with Crippen LogP contribution in [0.4, 0.5) is 0 Å². The molecule has 1 unspecified atom stereocenters. The standard InChI is InChI=1S/C15H17NO2S2/c17-15(18)7-12-10-19-6-5-16(12)8-11-9-20-14-4-2-1-3-13(11)14/h1-4,9,12H,5-8,10H2,(H,17,18). The summed E-state index contributed by atoms with van der Waals surface area (Å²) in [6, 6.07) is 8.59. The Morgan fingerprint density at radius 3 is 3.10 bits per heavy atom. The molecule has 1 aromatic heterocycles. The number of thioether (sulfide) groups is 1. The largest absolute Gasteiger partial charge is 0.481 e. The third-order valence-electron chi connectivity index (χ3n) is 3.69. The van der Waals surface area contributed by atoms with Gasteiger partial charge in [0.15, 0.2) is 0 Å². The summed E-state index contributed by atoms with van der Waals surface area (Å²) in [5.74, 6) is 1.32. The van der Waals surface area contributed by atoms with E-state index in [1.807, 2.05) is 11.8 Å². The van der Waals surface area contributed by atoms with E-state index in [-0.39, 0.29) is 12.5 Å². The van der Waals surface area contributed by atoms with Crippen LogP contribution in [0.3, 0.4) is 0 Å². The predicted molar refractivity (Wildman–Crippen MR) is 85.6 cm³/mol. The minimum atomic E-state index is -0.697. The molecular weight excluding hydrogens is 290 g/mol. The molecule has 1 aliphatic rings. The van der Waals surface area contributed by atoms with Gasteiger partial charge < -0.3 is 5.11 Å². The topological polar surface area (TPSA) is 40.5 Å². The lowest BCUT2D eigenvalue weighted by atomic mass is 10.1. The van der Waals surface area contributed by atoms with Gasteiger partial charge in [-0.1, -0.05) is 18.2 Å². The van der Waals surface area contributed by atoms with Crippen molar-refractivity contribution in [2.24, 2.45) is 0 Å². The van der Waals surface area contributed by atoms with E-state index in [1.165, 1.54) is 15.6 Å². The summed E-state index contributed by atoms with van der Waals surface area (Å²) in [7, 11) is 0. The van der Waals surface area contributed by atoms with Crippen LogP contribution >= 0.6 is 23.1 Å². The molecule has 0 bridgehead atoms. The van der Waals surface area contributed by atoms with Gasteiger partial charge in [-0.2, -0.15) is 11.8 Å². The lowest BCUT2D eigenvalue weighted by Crippen LogP contribution is -2.42. The molecule has 1 aromatic carbocycles. The molecule has 0 amide bonds. The Bertz CT molecular complexity index is 611. The third kappa shape index (κ3) is 3.00. The fraction of sp³-hybridized carbons (Fsp3) is 0.400. The van der Waals surface area contributed by atoms with Gasteiger partial charge >= 0.3 is 5.97 Å². The molecule has 20 heavy (non-hydrogen) atoms. The Labute approximate surface area is 126 Å². The van der Waals surface area contributed by atoms with Crippen LogP contribution in [0.2, 0.25) is 0 Å². The molecule has 2 heterocycles. The highest BCUT2D eigenvalue weighted by Crippen LogP contribution is 2.29. The highest BCUT2D eigenvalue weighted by Gasteiger charge is 2.25. The minimum Gasteiger partial charge on any atom is -0.481 e. The molecule has 3 rings (SSSR count). The fourth-order valence-corrected chi connectivity index (χ4v) is 4.75. The predicted octanol–water partition coefficient (Wildman–Crippen LogP) is 3.29. The summed E-state index contributed by atoms with van der Waals surface area (Å²) >= 11 is 3.63. The van der Waals surface area contributed by atoms with Gasteiger partial charge in [0.25, 0.3) is 0 Å². The van der Waals surface area contributed by atoms with Crippen molar-refractivity contribution in [1.82, 2.24) is 4.90 Å². The van der Waals surface area contributed by atoms with Gasteiger partial charge in [0, 0.05) is 35.3 Å². The molecule has 2 aromatic rings. The number of rotatable bonds is 4. The second-order valence-corrected chi connectivity index (χ2v) is 7.12. The van der Waals surface area contributed by atoms with Crippen molar-refractivity contribution in [2.75, 3.05) is 18.1 Å². The molecule has 0 spiro atoms. The van der Waals surface area contributed by atoms with Gasteiger partial charge in [0.05, 0.1) is 6.42 Å². The Morgan fingerprint density at radius 1 is 1.40 bits per heavy atom. The van der Waals surface area contributed by atoms with E-state index in [0.717, 1.165) is 24.6 Å². The third-order valence-corrected chi connectivity index (χ3v) is 5.80. The number of benzene rings is 1. The second-order valence-electron chi connectivity index (χ2n) is 5.05. The molecule has 106 valence electrons. The van der Waals surface area contributed by atoms with E-state index in [4.69, 9.17) is 5.11 Å². The van der Waals surface area contributed by atoms with Crippen molar-refractivity contribution in [3.8, 4) is 0 Å². The molecule has 1 fully saturated rings. The molecule has 0 radical (unpaired) electrons. The molecular formula is C15H17NO2S2. The second kappa shape index (κ2) is 6.16. The Hall–Kier alpha value is -1.04. The molecule has 5 heteroatoms. The summed E-state index contributed by atoms with van der Waals surface area (Å²) in [4.78, 5) is 13.3. The van der Waals surface area contributed by atoms with E-state index < -0.39 is 5.97 Å². The van der Waals surface area contributed by atoms with Gasteiger partial charge in [-0.15, -0.1) is 11.3 Å². The number of thiophene rings is 1. The number of nitrogens with zero attached hydrogens (tertiary/aromatic N) is 1. The average molecular weight is 307 g/mol. The number of carboxylic acid groups (broad SMARTS) is 1. The van der Waals surface area contributed by atoms with Gasteiger partial charge in [-0.05, 0) is 22.4 Å². The number of fused-ring (bicyclic) bond motifs is 1. The van der Waals surface area contributed by atoms with E-state index in [9.17, 15) is 4.79 Å². The SMILES string of the molecule is O=C(O)CC1CSCCN1Cc1csc2ccccc12. The first-order valence-corrected chi connectivity index (χ1v) is 8.76. The van der Waals surface area contributed by atoms with Crippen LogP contribution in [0.5, 0.6) is 0 Å². The number of aliphatic carboxylic acids is 1. The van der Waals surface area contributed by atoms with E-state index in [0.29, 0.717) is 0 Å². The van der Waals surface area contributed by atoms with Crippen LogP contribution in [0.25, 0.3) is 10.1 Å². The lowest BCUT2D eigenvalue weighted by molar-refractivity contribution is -0.138. The summed E-state index contributed by atoms with van der Waals surface area (Å²) < 4.78 is 1.31. The smallest absolute Gasteiger partial charge is 0.304 e. The minimum absolute atomic E-state index is 0.157. The van der Waals surface area contributed by atoms with Crippen LogP contribution in [0.15, 0.2) is 29.6 Å². The van der Waals surface area contributed by atoms with Crippen molar-refractivity contribution < 1.29 is 9.90 Å². The van der Waals surface area contributed by atoms with Gasteiger partial charge in [0.2, 0.25) is 0 Å². The van der Waals surface area contributed by atoms with E-state index in [1.54, 1.807) is 11.3 Å². The zero-order valence-electron chi connectivity index (χ0n) is 11.1. The van der Waals surface area contributed by atoms with Crippen LogP contribution in [-0.2, 0) is 11.3 Å². The summed E-state index contributed by atoms with van der Waals surface area (Å²) in [6.07, 6.45) is 0.245. The highest BCUT2D eigenvalue weighted by atomic mass is 32.2. The van der Waals surface area contributed by atoms with Gasteiger partial charge in [-0.3, -0.25) is 9.69 Å². The Balaban J connectivity index is 1.79. The number of hydrogen-bond acceptors (Lipinski definition) is 4. The maximum Gasteiger partial charge on any atom is 0.304 e. The summed E-state index contributed by atoms with van der Waals surface area (Å²) in [5, 5.41) is 12.6. The van der Waals surface area contributed by atoms with Crippen molar-refractivity contribution >= 4 is 39.2 Å². The summed E-state index contributed by atoms with van der Waals surface area (Å²) in [6.45, 7) is 1.84. The quantitative estimate of drug-likeness (QED) is 0.941. The molecule has 1 atom stereocenters. The lowest BCUT2D eigenvalue weighted by Gasteiger charge is -2.34. The average Bonchev–Trinajstić information content (AvgIpc) is 2.84. The number of carboxylic acids is 1. The van der Waals surface area contributed by atoms with Crippen LogP contribution in [0, 0.1) is 0 Å². The monoisotopic (exact) mass is 307 g/mol. The maximum atomic E-state index is 11.0. The molecule has 3 nitrogen and oxygen atoms in total. The molecule has 0 aliphatic carbocycles. The molecule has 1 N–H and O–H groups in total. The Kier molecular flexibility index (Phi) is 4.29. The van der Waals surface area contributed by atoms with Crippen molar-refractivity contribution in [3.63, 3.8) is 0 Å². The van der Waals surface area contributed by atoms with E-state index in [2.05, 4.69) is 34.5 Å². The van der Waals surface area contributed by atoms with Crippen molar-refractivity contribution in [3.05, 3.63) is 35.2 Å². The Morgan fingerprint density at radius 2 is 2.25 bits per heavy atom.